The van der Waals surface area contributed by atoms with E-state index in [1.54, 1.807) is 31.3 Å². The van der Waals surface area contributed by atoms with Gasteiger partial charge in [-0.2, -0.15) is 5.26 Å². The molecule has 1 fully saturated rings. The Morgan fingerprint density at radius 3 is 2.83 bits per heavy atom. The van der Waals surface area contributed by atoms with E-state index in [-0.39, 0.29) is 5.91 Å². The van der Waals surface area contributed by atoms with Crippen LogP contribution in [0.5, 0.6) is 0 Å². The van der Waals surface area contributed by atoms with Gasteiger partial charge in [0.1, 0.15) is 5.82 Å². The van der Waals surface area contributed by atoms with Crippen molar-refractivity contribution < 1.29 is 9.32 Å². The summed E-state index contributed by atoms with van der Waals surface area (Å²) >= 11 is 0. The fourth-order valence-electron chi connectivity index (χ4n) is 2.60. The molecule has 0 unspecified atom stereocenters. The molecule has 1 aliphatic rings. The van der Waals surface area contributed by atoms with Gasteiger partial charge in [-0.15, -0.1) is 0 Å². The first kappa shape index (κ1) is 16.0. The minimum atomic E-state index is -0.121. The predicted octanol–water partition coefficient (Wildman–Crippen LogP) is 1.01. The fourth-order valence-corrected chi connectivity index (χ4v) is 2.60. The molecule has 8 heteroatoms. The van der Waals surface area contributed by atoms with Gasteiger partial charge < -0.3 is 9.42 Å². The number of nitriles is 1. The zero-order chi connectivity index (χ0) is 16.9. The number of carbonyl (C=O) groups excluding carboxylic acids is 1. The molecular formula is C16H18N6O2. The summed E-state index contributed by atoms with van der Waals surface area (Å²) in [7, 11) is 0. The molecule has 1 aliphatic heterocycles. The second-order valence-electron chi connectivity index (χ2n) is 5.66. The van der Waals surface area contributed by atoms with Crippen molar-refractivity contribution >= 4 is 17.6 Å². The summed E-state index contributed by atoms with van der Waals surface area (Å²) in [5, 5.41) is 15.4. The number of piperazine rings is 1. The van der Waals surface area contributed by atoms with Crippen molar-refractivity contribution in [2.75, 3.05) is 42.9 Å². The number of nitrogens with zero attached hydrogens (tertiary/aromatic N) is 5. The highest BCUT2D eigenvalue weighted by Gasteiger charge is 2.20. The van der Waals surface area contributed by atoms with E-state index in [0.717, 1.165) is 37.7 Å². The number of anilines is 2. The Hall–Kier alpha value is -2.92. The lowest BCUT2D eigenvalue weighted by atomic mass is 10.2. The summed E-state index contributed by atoms with van der Waals surface area (Å²) in [6.45, 7) is 5.13. The first-order valence-corrected chi connectivity index (χ1v) is 7.70. The van der Waals surface area contributed by atoms with E-state index < -0.39 is 0 Å². The van der Waals surface area contributed by atoms with Crippen molar-refractivity contribution in [2.24, 2.45) is 0 Å². The van der Waals surface area contributed by atoms with E-state index in [0.29, 0.717) is 18.0 Å². The number of hydrogen-bond donors (Lipinski definition) is 1. The molecule has 8 nitrogen and oxygen atoms in total. The third kappa shape index (κ3) is 3.88. The highest BCUT2D eigenvalue weighted by atomic mass is 16.5. The Morgan fingerprint density at radius 1 is 1.38 bits per heavy atom. The van der Waals surface area contributed by atoms with Gasteiger partial charge in [-0.3, -0.25) is 15.0 Å². The van der Waals surface area contributed by atoms with Crippen LogP contribution in [0.3, 0.4) is 0 Å². The highest BCUT2D eigenvalue weighted by Crippen LogP contribution is 2.15. The average Bonchev–Trinajstić information content (AvgIpc) is 3.00. The predicted molar refractivity (Wildman–Crippen MR) is 87.5 cm³/mol. The molecule has 24 heavy (non-hydrogen) atoms. The summed E-state index contributed by atoms with van der Waals surface area (Å²) < 4.78 is 4.98. The number of hydrogen-bond acceptors (Lipinski definition) is 7. The molecule has 0 saturated carbocycles. The van der Waals surface area contributed by atoms with Crippen molar-refractivity contribution in [1.29, 1.82) is 5.26 Å². The summed E-state index contributed by atoms with van der Waals surface area (Å²) in [6.07, 6.45) is 1.65. The smallest absolute Gasteiger partial charge is 0.240 e. The van der Waals surface area contributed by atoms with Crippen LogP contribution in [-0.2, 0) is 4.79 Å². The molecule has 2 aromatic rings. The summed E-state index contributed by atoms with van der Waals surface area (Å²) in [5.41, 5.74) is 1.33. The molecule has 0 aromatic carbocycles. The van der Waals surface area contributed by atoms with Crippen LogP contribution in [0.25, 0.3) is 0 Å². The van der Waals surface area contributed by atoms with Gasteiger partial charge in [-0.25, -0.2) is 4.98 Å². The normalized spacial score (nSPS) is 15.1. The van der Waals surface area contributed by atoms with Gasteiger partial charge in [0.25, 0.3) is 0 Å². The van der Waals surface area contributed by atoms with Gasteiger partial charge >= 0.3 is 0 Å². The largest absolute Gasteiger partial charge is 0.354 e. The molecule has 0 aliphatic carbocycles. The molecule has 124 valence electrons. The molecule has 0 bridgehead atoms. The number of aromatic nitrogens is 2. The van der Waals surface area contributed by atoms with E-state index in [1.165, 1.54) is 0 Å². The maximum atomic E-state index is 12.0. The highest BCUT2D eigenvalue weighted by molar-refractivity contribution is 5.90. The second kappa shape index (κ2) is 7.10. The van der Waals surface area contributed by atoms with Gasteiger partial charge in [-0.1, -0.05) is 5.16 Å². The third-order valence-electron chi connectivity index (χ3n) is 3.83. The molecule has 0 spiro atoms. The van der Waals surface area contributed by atoms with Crippen LogP contribution in [0, 0.1) is 18.3 Å². The summed E-state index contributed by atoms with van der Waals surface area (Å²) in [6, 6.07) is 7.28. The number of pyridine rings is 1. The quantitative estimate of drug-likeness (QED) is 0.895. The Bertz CT molecular complexity index is 758. The van der Waals surface area contributed by atoms with Gasteiger partial charge in [-0.05, 0) is 19.1 Å². The Balaban J connectivity index is 1.49. The molecule has 3 heterocycles. The number of carbonyl (C=O) groups is 1. The Labute approximate surface area is 139 Å². The number of aryl methyl sites for hydroxylation is 1. The second-order valence-corrected chi connectivity index (χ2v) is 5.66. The monoisotopic (exact) mass is 326 g/mol. The maximum Gasteiger partial charge on any atom is 0.240 e. The zero-order valence-corrected chi connectivity index (χ0v) is 13.4. The standard InChI is InChI=1S/C16H18N6O2/c1-12-8-16(24-20-12)19-15(23)11-21-4-6-22(7-5-21)14-9-13(10-17)2-3-18-14/h2-3,8-9H,4-7,11H2,1H3,(H,19,23). The van der Waals surface area contributed by atoms with Crippen LogP contribution in [0.4, 0.5) is 11.7 Å². The number of nitrogens with one attached hydrogen (secondary N) is 1. The van der Waals surface area contributed by atoms with Crippen molar-refractivity contribution in [3.8, 4) is 6.07 Å². The van der Waals surface area contributed by atoms with E-state index >= 15 is 0 Å². The maximum absolute atomic E-state index is 12.0. The lowest BCUT2D eigenvalue weighted by Crippen LogP contribution is -2.48. The van der Waals surface area contributed by atoms with Gasteiger partial charge in [0.15, 0.2) is 0 Å². The van der Waals surface area contributed by atoms with Gasteiger partial charge in [0.2, 0.25) is 11.8 Å². The minimum Gasteiger partial charge on any atom is -0.354 e. The lowest BCUT2D eigenvalue weighted by molar-refractivity contribution is -0.117. The molecule has 2 aromatic heterocycles. The van der Waals surface area contributed by atoms with Gasteiger partial charge in [0.05, 0.1) is 23.9 Å². The molecule has 1 N–H and O–H groups in total. The SMILES string of the molecule is Cc1cc(NC(=O)CN2CCN(c3cc(C#N)ccn3)CC2)on1. The van der Waals surface area contributed by atoms with Crippen LogP contribution < -0.4 is 10.2 Å². The van der Waals surface area contributed by atoms with Gasteiger partial charge in [0, 0.05) is 38.4 Å². The minimum absolute atomic E-state index is 0.121. The van der Waals surface area contributed by atoms with Crippen LogP contribution >= 0.6 is 0 Å². The Morgan fingerprint density at radius 2 is 2.17 bits per heavy atom. The molecule has 1 saturated heterocycles. The fraction of sp³-hybridized carbons (Fsp3) is 0.375. The van der Waals surface area contributed by atoms with Crippen LogP contribution in [0.15, 0.2) is 28.9 Å². The first-order valence-electron chi connectivity index (χ1n) is 7.70. The number of rotatable bonds is 4. The van der Waals surface area contributed by atoms with Crippen molar-refractivity contribution in [2.45, 2.75) is 6.92 Å². The molecule has 3 rings (SSSR count). The zero-order valence-electron chi connectivity index (χ0n) is 13.4. The molecule has 0 atom stereocenters. The molecular weight excluding hydrogens is 308 g/mol. The molecule has 1 amide bonds. The van der Waals surface area contributed by atoms with Crippen molar-refractivity contribution in [3.05, 3.63) is 35.7 Å². The topological polar surface area (TPSA) is 98.3 Å². The van der Waals surface area contributed by atoms with E-state index in [1.807, 2.05) is 0 Å². The molecule has 0 radical (unpaired) electrons. The van der Waals surface area contributed by atoms with Crippen LogP contribution in [-0.4, -0.2) is 53.7 Å². The average molecular weight is 326 g/mol. The lowest BCUT2D eigenvalue weighted by Gasteiger charge is -2.34. The summed E-state index contributed by atoms with van der Waals surface area (Å²) in [4.78, 5) is 20.5. The van der Waals surface area contributed by atoms with E-state index in [4.69, 9.17) is 9.78 Å². The first-order chi connectivity index (χ1) is 11.6. The van der Waals surface area contributed by atoms with Crippen LogP contribution in [0.2, 0.25) is 0 Å². The summed E-state index contributed by atoms with van der Waals surface area (Å²) in [5.74, 6) is 1.05. The number of amides is 1. The van der Waals surface area contributed by atoms with Crippen LogP contribution in [0.1, 0.15) is 11.3 Å². The Kier molecular flexibility index (Phi) is 4.72. The van der Waals surface area contributed by atoms with E-state index in [9.17, 15) is 4.79 Å². The van der Waals surface area contributed by atoms with Crippen molar-refractivity contribution in [1.82, 2.24) is 15.0 Å². The van der Waals surface area contributed by atoms with Crippen molar-refractivity contribution in [3.63, 3.8) is 0 Å². The third-order valence-corrected chi connectivity index (χ3v) is 3.83. The van der Waals surface area contributed by atoms with E-state index in [2.05, 4.69) is 31.3 Å².